The first kappa shape index (κ1) is 29.5. The SMILES string of the molecule is c1ccc(-c2cc(-c3ccc(N(c4ccccc4)c4cccc5c4sc4ccccc45)cc3)ccc2-c2cccc3c2oc2ccccc23)cc1. The van der Waals surface area contributed by atoms with E-state index in [0.717, 1.165) is 50.0 Å². The molecule has 2 nitrogen and oxygen atoms in total. The zero-order valence-electron chi connectivity index (χ0n) is 27.7. The largest absolute Gasteiger partial charge is 0.455 e. The van der Waals surface area contributed by atoms with Gasteiger partial charge in [-0.15, -0.1) is 11.3 Å². The summed E-state index contributed by atoms with van der Waals surface area (Å²) in [6.07, 6.45) is 0. The van der Waals surface area contributed by atoms with E-state index in [0.29, 0.717) is 0 Å². The summed E-state index contributed by atoms with van der Waals surface area (Å²) in [4.78, 5) is 2.38. The Morgan fingerprint density at radius 3 is 1.88 bits per heavy atom. The summed E-state index contributed by atoms with van der Waals surface area (Å²) in [7, 11) is 0. The van der Waals surface area contributed by atoms with Gasteiger partial charge < -0.3 is 9.32 Å². The Balaban J connectivity index is 1.10. The lowest BCUT2D eigenvalue weighted by molar-refractivity contribution is 0.670. The van der Waals surface area contributed by atoms with E-state index >= 15 is 0 Å². The third-order valence-electron chi connectivity index (χ3n) is 9.90. The van der Waals surface area contributed by atoms with Crippen LogP contribution in [0.5, 0.6) is 0 Å². The van der Waals surface area contributed by atoms with Gasteiger partial charge in [0.05, 0.1) is 10.4 Å². The molecule has 0 amide bonds. The maximum atomic E-state index is 6.49. The number of hydrogen-bond donors (Lipinski definition) is 0. The topological polar surface area (TPSA) is 16.4 Å². The van der Waals surface area contributed by atoms with E-state index in [-0.39, 0.29) is 0 Å². The molecule has 0 saturated heterocycles. The number of thiophene rings is 1. The minimum atomic E-state index is 0.908. The Morgan fingerprint density at radius 1 is 0.392 bits per heavy atom. The molecule has 0 N–H and O–H groups in total. The zero-order valence-corrected chi connectivity index (χ0v) is 28.5. The fraction of sp³-hybridized carbons (Fsp3) is 0. The van der Waals surface area contributed by atoms with Gasteiger partial charge in [0, 0.05) is 43.2 Å². The van der Waals surface area contributed by atoms with Gasteiger partial charge >= 0.3 is 0 Å². The molecule has 10 rings (SSSR count). The number of para-hydroxylation sites is 3. The first-order valence-electron chi connectivity index (χ1n) is 17.3. The smallest absolute Gasteiger partial charge is 0.143 e. The normalized spacial score (nSPS) is 11.5. The van der Waals surface area contributed by atoms with Gasteiger partial charge in [-0.05, 0) is 76.3 Å². The van der Waals surface area contributed by atoms with Crippen LogP contribution >= 0.6 is 11.3 Å². The van der Waals surface area contributed by atoms with Gasteiger partial charge in [-0.2, -0.15) is 0 Å². The van der Waals surface area contributed by atoms with Crippen LogP contribution in [0.2, 0.25) is 0 Å². The highest BCUT2D eigenvalue weighted by molar-refractivity contribution is 7.26. The zero-order chi connectivity index (χ0) is 33.7. The Kier molecular flexibility index (Phi) is 7.04. The second kappa shape index (κ2) is 12.2. The van der Waals surface area contributed by atoms with Gasteiger partial charge in [-0.1, -0.05) is 140 Å². The molecule has 0 radical (unpaired) electrons. The van der Waals surface area contributed by atoms with Crippen molar-refractivity contribution in [3.63, 3.8) is 0 Å². The molecule has 0 atom stereocenters. The highest BCUT2D eigenvalue weighted by Gasteiger charge is 2.19. The summed E-state index contributed by atoms with van der Waals surface area (Å²) < 4.78 is 9.08. The van der Waals surface area contributed by atoms with E-state index in [4.69, 9.17) is 4.42 Å². The standard InChI is InChI=1S/C48H31NOS/c1-3-13-33(14-4-1)43-31-34(27-30-37(43)40-19-11-20-41-38-17-7-9-23-45(38)50-47(40)41)32-25-28-36(29-26-32)49(35-15-5-2-6-16-35)44-22-12-21-42-39-18-8-10-24-46(39)51-48(42)44/h1-31H. The van der Waals surface area contributed by atoms with Crippen LogP contribution in [0, 0.1) is 0 Å². The van der Waals surface area contributed by atoms with E-state index in [2.05, 4.69) is 181 Å². The van der Waals surface area contributed by atoms with Crippen LogP contribution in [0.1, 0.15) is 0 Å². The Hall–Kier alpha value is -6.42. The molecule has 0 aliphatic rings. The Morgan fingerprint density at radius 2 is 1.04 bits per heavy atom. The molecule has 3 heteroatoms. The van der Waals surface area contributed by atoms with E-state index in [9.17, 15) is 0 Å². The fourth-order valence-electron chi connectivity index (χ4n) is 7.49. The highest BCUT2D eigenvalue weighted by Crippen LogP contribution is 2.46. The van der Waals surface area contributed by atoms with E-state index in [1.54, 1.807) is 0 Å². The van der Waals surface area contributed by atoms with Gasteiger partial charge in [0.25, 0.3) is 0 Å². The van der Waals surface area contributed by atoms with Crippen molar-refractivity contribution in [1.82, 2.24) is 0 Å². The van der Waals surface area contributed by atoms with Crippen molar-refractivity contribution >= 4 is 70.5 Å². The van der Waals surface area contributed by atoms with Crippen LogP contribution in [-0.4, -0.2) is 0 Å². The van der Waals surface area contributed by atoms with Crippen molar-refractivity contribution in [2.45, 2.75) is 0 Å². The molecule has 2 aromatic heterocycles. The fourth-order valence-corrected chi connectivity index (χ4v) is 8.70. The van der Waals surface area contributed by atoms with Crippen LogP contribution in [-0.2, 0) is 0 Å². The lowest BCUT2D eigenvalue weighted by atomic mass is 9.90. The first-order valence-corrected chi connectivity index (χ1v) is 18.1. The second-order valence-electron chi connectivity index (χ2n) is 12.9. The summed E-state index contributed by atoms with van der Waals surface area (Å²) in [5.74, 6) is 0. The van der Waals surface area contributed by atoms with Crippen LogP contribution in [0.15, 0.2) is 192 Å². The Bertz CT molecular complexity index is 2850. The van der Waals surface area contributed by atoms with Gasteiger partial charge in [0.1, 0.15) is 11.2 Å². The Labute approximate surface area is 300 Å². The summed E-state index contributed by atoms with van der Waals surface area (Å²) in [5, 5.41) is 4.87. The number of nitrogens with zero attached hydrogens (tertiary/aromatic N) is 1. The van der Waals surface area contributed by atoms with Crippen molar-refractivity contribution in [1.29, 1.82) is 0 Å². The van der Waals surface area contributed by atoms with Gasteiger partial charge in [0.15, 0.2) is 0 Å². The third kappa shape index (κ3) is 5.01. The van der Waals surface area contributed by atoms with Gasteiger partial charge in [-0.3, -0.25) is 0 Å². The number of fused-ring (bicyclic) bond motifs is 6. The van der Waals surface area contributed by atoms with E-state index in [1.807, 2.05) is 23.5 Å². The monoisotopic (exact) mass is 669 g/mol. The lowest BCUT2D eigenvalue weighted by Gasteiger charge is -2.26. The second-order valence-corrected chi connectivity index (χ2v) is 13.9. The number of hydrogen-bond acceptors (Lipinski definition) is 3. The van der Waals surface area contributed by atoms with Gasteiger partial charge in [-0.25, -0.2) is 0 Å². The van der Waals surface area contributed by atoms with Crippen molar-refractivity contribution in [2.24, 2.45) is 0 Å². The number of anilines is 3. The number of rotatable bonds is 6. The maximum absolute atomic E-state index is 6.49. The third-order valence-corrected chi connectivity index (χ3v) is 11.1. The average Bonchev–Trinajstić information content (AvgIpc) is 3.78. The molecule has 51 heavy (non-hydrogen) atoms. The molecule has 2 heterocycles. The molecule has 10 aromatic rings. The quantitative estimate of drug-likeness (QED) is 0.175. The van der Waals surface area contributed by atoms with Crippen LogP contribution in [0.25, 0.3) is 75.5 Å². The number of benzene rings is 8. The van der Waals surface area contributed by atoms with E-state index < -0.39 is 0 Å². The molecule has 0 aliphatic heterocycles. The number of furan rings is 1. The van der Waals surface area contributed by atoms with Crippen LogP contribution in [0.3, 0.4) is 0 Å². The molecule has 240 valence electrons. The van der Waals surface area contributed by atoms with Gasteiger partial charge in [0.2, 0.25) is 0 Å². The van der Waals surface area contributed by atoms with Crippen molar-refractivity contribution < 1.29 is 4.42 Å². The van der Waals surface area contributed by atoms with E-state index in [1.165, 1.54) is 42.6 Å². The predicted octanol–water partition coefficient (Wildman–Crippen LogP) is 14.4. The lowest BCUT2D eigenvalue weighted by Crippen LogP contribution is -2.09. The van der Waals surface area contributed by atoms with Crippen molar-refractivity contribution in [3.05, 3.63) is 188 Å². The average molecular weight is 670 g/mol. The minimum absolute atomic E-state index is 0.908. The highest BCUT2D eigenvalue weighted by atomic mass is 32.1. The van der Waals surface area contributed by atoms with Crippen molar-refractivity contribution in [3.8, 4) is 33.4 Å². The maximum Gasteiger partial charge on any atom is 0.143 e. The molecular formula is C48H31NOS. The molecule has 0 spiro atoms. The molecule has 0 fully saturated rings. The molecular weight excluding hydrogens is 639 g/mol. The van der Waals surface area contributed by atoms with Crippen LogP contribution < -0.4 is 4.90 Å². The predicted molar refractivity (Wildman–Crippen MR) is 218 cm³/mol. The summed E-state index contributed by atoms with van der Waals surface area (Å²) >= 11 is 1.86. The molecule has 0 aliphatic carbocycles. The minimum Gasteiger partial charge on any atom is -0.455 e. The molecule has 0 unspecified atom stereocenters. The van der Waals surface area contributed by atoms with Crippen molar-refractivity contribution in [2.75, 3.05) is 4.90 Å². The molecule has 0 bridgehead atoms. The summed E-state index contributed by atoms with van der Waals surface area (Å²) in [5.41, 5.74) is 12.2. The van der Waals surface area contributed by atoms with Crippen LogP contribution in [0.4, 0.5) is 17.1 Å². The summed E-state index contributed by atoms with van der Waals surface area (Å²) in [6, 6.07) is 67.3. The first-order chi connectivity index (χ1) is 25.3. The molecule has 8 aromatic carbocycles. The molecule has 0 saturated carbocycles. The summed E-state index contributed by atoms with van der Waals surface area (Å²) in [6.45, 7) is 0.